The van der Waals surface area contributed by atoms with Crippen LogP contribution in [0.25, 0.3) is 5.76 Å². The number of nitrogens with one attached hydrogen (secondary N) is 1. The number of methoxy groups -OCH3 is 2. The summed E-state index contributed by atoms with van der Waals surface area (Å²) in [5.41, 5.74) is 1.98. The molecule has 0 aromatic heterocycles. The van der Waals surface area contributed by atoms with Crippen LogP contribution >= 0.6 is 0 Å². The minimum absolute atomic E-state index is 0.0628. The van der Waals surface area contributed by atoms with Crippen LogP contribution in [0.3, 0.4) is 0 Å². The number of aliphatic hydroxyl groups excluding tert-OH is 1. The lowest BCUT2D eigenvalue weighted by Gasteiger charge is -2.26. The zero-order valence-corrected chi connectivity index (χ0v) is 18.6. The van der Waals surface area contributed by atoms with Crippen LogP contribution in [-0.2, 0) is 9.59 Å². The van der Waals surface area contributed by atoms with Gasteiger partial charge in [-0.3, -0.25) is 9.59 Å². The van der Waals surface area contributed by atoms with Crippen LogP contribution in [0, 0.1) is 6.92 Å². The monoisotopic (exact) mass is 425 g/mol. The van der Waals surface area contributed by atoms with Crippen LogP contribution in [0.1, 0.15) is 22.7 Å². The number of hydrogen-bond donors (Lipinski definition) is 2. The number of para-hydroxylation sites is 1. The minimum atomic E-state index is -0.738. The van der Waals surface area contributed by atoms with Gasteiger partial charge in [0.25, 0.3) is 11.7 Å². The maximum Gasteiger partial charge on any atom is 0.295 e. The molecule has 164 valence electrons. The highest BCUT2D eigenvalue weighted by Gasteiger charge is 2.47. The Kier molecular flexibility index (Phi) is 6.65. The van der Waals surface area contributed by atoms with Crippen molar-refractivity contribution in [2.75, 3.05) is 41.4 Å². The van der Waals surface area contributed by atoms with Crippen molar-refractivity contribution in [3.8, 4) is 11.5 Å². The summed E-state index contributed by atoms with van der Waals surface area (Å²) in [6.45, 7) is 2.88. The summed E-state index contributed by atoms with van der Waals surface area (Å²) in [6.07, 6.45) is 0. The SMILES string of the molecule is COc1ccc(C(O)=C2C(=O)C(=O)N(CC[NH+](C)C)C2c2ccccc2OC)cc1C. The number of aliphatic hydroxyl groups is 1. The molecule has 0 radical (unpaired) electrons. The Morgan fingerprint density at radius 3 is 2.35 bits per heavy atom. The maximum absolute atomic E-state index is 13.1. The molecule has 0 bridgehead atoms. The number of quaternary nitrogens is 1. The van der Waals surface area contributed by atoms with Gasteiger partial charge >= 0.3 is 0 Å². The molecule has 0 aliphatic carbocycles. The van der Waals surface area contributed by atoms with Crippen molar-refractivity contribution in [1.29, 1.82) is 0 Å². The number of hydrogen-bond acceptors (Lipinski definition) is 5. The van der Waals surface area contributed by atoms with E-state index in [-0.39, 0.29) is 11.3 Å². The number of nitrogens with zero attached hydrogens (tertiary/aromatic N) is 1. The van der Waals surface area contributed by atoms with Crippen molar-refractivity contribution in [2.24, 2.45) is 0 Å². The number of carbonyl (C=O) groups is 2. The van der Waals surface area contributed by atoms with Gasteiger partial charge in [0, 0.05) is 11.1 Å². The average Bonchev–Trinajstić information content (AvgIpc) is 3.01. The molecule has 7 nitrogen and oxygen atoms in total. The number of carbonyl (C=O) groups excluding carboxylic acids is 2. The lowest BCUT2D eigenvalue weighted by atomic mass is 9.94. The van der Waals surface area contributed by atoms with E-state index in [1.807, 2.05) is 39.2 Å². The molecule has 3 rings (SSSR count). The maximum atomic E-state index is 13.1. The number of rotatable bonds is 7. The van der Waals surface area contributed by atoms with Crippen molar-refractivity contribution < 1.29 is 29.1 Å². The Morgan fingerprint density at radius 2 is 1.74 bits per heavy atom. The van der Waals surface area contributed by atoms with Gasteiger partial charge in [0.15, 0.2) is 0 Å². The van der Waals surface area contributed by atoms with E-state index in [1.54, 1.807) is 38.5 Å². The predicted octanol–water partition coefficient (Wildman–Crippen LogP) is 1.58. The zero-order valence-electron chi connectivity index (χ0n) is 18.6. The summed E-state index contributed by atoms with van der Waals surface area (Å²) in [6, 6.07) is 11.7. The molecule has 1 aliphatic rings. The van der Waals surface area contributed by atoms with Gasteiger partial charge in [-0.25, -0.2) is 0 Å². The molecule has 1 amide bonds. The van der Waals surface area contributed by atoms with E-state index in [2.05, 4.69) is 0 Å². The highest BCUT2D eigenvalue weighted by atomic mass is 16.5. The summed E-state index contributed by atoms with van der Waals surface area (Å²) >= 11 is 0. The van der Waals surface area contributed by atoms with Gasteiger partial charge in [-0.2, -0.15) is 0 Å². The van der Waals surface area contributed by atoms with Gasteiger partial charge in [0.05, 0.1) is 53.0 Å². The van der Waals surface area contributed by atoms with E-state index in [9.17, 15) is 14.7 Å². The summed E-state index contributed by atoms with van der Waals surface area (Å²) in [5.74, 6) is -0.306. The molecule has 1 unspecified atom stereocenters. The molecule has 2 N–H and O–H groups in total. The van der Waals surface area contributed by atoms with Crippen molar-refractivity contribution >= 4 is 17.4 Å². The Morgan fingerprint density at radius 1 is 1.06 bits per heavy atom. The summed E-state index contributed by atoms with van der Waals surface area (Å²) in [4.78, 5) is 28.7. The molecule has 0 spiro atoms. The lowest BCUT2D eigenvalue weighted by Crippen LogP contribution is -3.06. The number of amides is 1. The third kappa shape index (κ3) is 4.27. The number of ketones is 1. The fourth-order valence-corrected chi connectivity index (χ4v) is 3.85. The second kappa shape index (κ2) is 9.22. The fourth-order valence-electron chi connectivity index (χ4n) is 3.85. The van der Waals surface area contributed by atoms with Gasteiger partial charge in [-0.05, 0) is 36.8 Å². The highest BCUT2D eigenvalue weighted by molar-refractivity contribution is 6.46. The van der Waals surface area contributed by atoms with Crippen LogP contribution in [0.4, 0.5) is 0 Å². The first-order valence-electron chi connectivity index (χ1n) is 10.2. The smallest absolute Gasteiger partial charge is 0.295 e. The number of aryl methyl sites for hydroxylation is 1. The van der Waals surface area contributed by atoms with E-state index >= 15 is 0 Å². The average molecular weight is 426 g/mol. The number of ether oxygens (including phenoxy) is 2. The zero-order chi connectivity index (χ0) is 22.7. The van der Waals surface area contributed by atoms with E-state index in [0.717, 1.165) is 10.5 Å². The van der Waals surface area contributed by atoms with Crippen LogP contribution in [0.5, 0.6) is 11.5 Å². The van der Waals surface area contributed by atoms with Crippen molar-refractivity contribution in [3.05, 3.63) is 64.7 Å². The van der Waals surface area contributed by atoms with Crippen LogP contribution in [-0.4, -0.2) is 63.1 Å². The van der Waals surface area contributed by atoms with E-state index in [0.29, 0.717) is 35.7 Å². The second-order valence-corrected chi connectivity index (χ2v) is 7.88. The van der Waals surface area contributed by atoms with Crippen LogP contribution in [0.15, 0.2) is 48.0 Å². The first-order valence-corrected chi connectivity index (χ1v) is 10.2. The largest absolute Gasteiger partial charge is 0.507 e. The Balaban J connectivity index is 2.20. The molecule has 1 heterocycles. The summed E-state index contributed by atoms with van der Waals surface area (Å²) in [5, 5.41) is 11.2. The van der Waals surface area contributed by atoms with Crippen LogP contribution in [0.2, 0.25) is 0 Å². The molecule has 1 fully saturated rings. The molecule has 2 aromatic carbocycles. The van der Waals surface area contributed by atoms with Gasteiger partial charge in [0.2, 0.25) is 0 Å². The first-order chi connectivity index (χ1) is 14.8. The molecular formula is C24H29N2O5+. The van der Waals surface area contributed by atoms with Crippen LogP contribution < -0.4 is 14.4 Å². The van der Waals surface area contributed by atoms with Crippen molar-refractivity contribution in [1.82, 2.24) is 4.90 Å². The molecule has 1 atom stereocenters. The predicted molar refractivity (Wildman–Crippen MR) is 117 cm³/mol. The summed E-state index contributed by atoms with van der Waals surface area (Å²) in [7, 11) is 7.08. The topological polar surface area (TPSA) is 80.5 Å². The standard InChI is InChI=1S/C24H28N2O5/c1-15-14-16(10-11-18(15)30-4)22(27)20-21(17-8-6-7-9-19(17)31-5)26(13-12-25(2)3)24(29)23(20)28/h6-11,14,21,27H,12-13H2,1-5H3/p+1. The Hall–Kier alpha value is -3.32. The van der Waals surface area contributed by atoms with E-state index in [4.69, 9.17) is 9.47 Å². The van der Waals surface area contributed by atoms with E-state index < -0.39 is 17.7 Å². The molecule has 1 saturated heterocycles. The van der Waals surface area contributed by atoms with Crippen molar-refractivity contribution in [2.45, 2.75) is 13.0 Å². The third-order valence-electron chi connectivity index (χ3n) is 5.49. The van der Waals surface area contributed by atoms with E-state index in [1.165, 1.54) is 4.90 Å². The number of likely N-dealkylation sites (tertiary alicyclic amines) is 1. The first kappa shape index (κ1) is 22.4. The molecule has 31 heavy (non-hydrogen) atoms. The van der Waals surface area contributed by atoms with Gasteiger partial charge in [-0.1, -0.05) is 18.2 Å². The fraction of sp³-hybridized carbons (Fsp3) is 0.333. The molecule has 7 heteroatoms. The lowest BCUT2D eigenvalue weighted by molar-refractivity contribution is -0.857. The summed E-state index contributed by atoms with van der Waals surface area (Å²) < 4.78 is 10.8. The molecule has 0 saturated carbocycles. The molecule has 1 aliphatic heterocycles. The Labute approximate surface area is 182 Å². The number of Topliss-reactive ketones (excluding diaryl/α,β-unsaturated/α-hetero) is 1. The normalized spacial score (nSPS) is 18.0. The quantitative estimate of drug-likeness (QED) is 0.400. The van der Waals surface area contributed by atoms with Gasteiger partial charge < -0.3 is 24.4 Å². The third-order valence-corrected chi connectivity index (χ3v) is 5.49. The Bertz CT molecular complexity index is 1030. The number of likely N-dealkylation sites (N-methyl/N-ethyl adjacent to an activating group) is 1. The molecular weight excluding hydrogens is 396 g/mol. The second-order valence-electron chi connectivity index (χ2n) is 7.88. The van der Waals surface area contributed by atoms with Crippen molar-refractivity contribution in [3.63, 3.8) is 0 Å². The van der Waals surface area contributed by atoms with Gasteiger partial charge in [0.1, 0.15) is 17.3 Å². The number of benzene rings is 2. The minimum Gasteiger partial charge on any atom is -0.507 e. The highest BCUT2D eigenvalue weighted by Crippen LogP contribution is 2.42. The molecule has 2 aromatic rings. The van der Waals surface area contributed by atoms with Gasteiger partial charge in [-0.15, -0.1) is 0 Å².